The largest absolute Gasteiger partial charge is 0.368 e. The van der Waals surface area contributed by atoms with Crippen LogP contribution in [0.1, 0.15) is 31.1 Å². The number of nitrogens with zero attached hydrogens (tertiary/aromatic N) is 4. The molecular formula is C16H20N6O2S. The van der Waals surface area contributed by atoms with Crippen molar-refractivity contribution in [3.63, 3.8) is 0 Å². The van der Waals surface area contributed by atoms with Crippen molar-refractivity contribution < 1.29 is 4.79 Å². The molecule has 25 heavy (non-hydrogen) atoms. The predicted octanol–water partition coefficient (Wildman–Crippen LogP) is 1.91. The normalized spacial score (nSPS) is 12.6. The number of carbonyl (C=O) groups is 1. The van der Waals surface area contributed by atoms with E-state index in [0.717, 1.165) is 11.0 Å². The van der Waals surface area contributed by atoms with E-state index in [2.05, 4.69) is 15.2 Å². The van der Waals surface area contributed by atoms with Gasteiger partial charge in [0.05, 0.1) is 16.3 Å². The van der Waals surface area contributed by atoms with Gasteiger partial charge in [-0.15, -0.1) is 5.10 Å². The molecule has 0 radical (unpaired) electrons. The molecule has 3 N–H and O–H groups in total. The number of aryl methyl sites for hydroxylation is 2. The lowest BCUT2D eigenvalue weighted by Gasteiger charge is -2.08. The average molecular weight is 360 g/mol. The minimum atomic E-state index is -0.372. The number of fused-ring (bicyclic) bond motifs is 1. The molecule has 0 aliphatic rings. The maximum atomic E-state index is 12.7. The van der Waals surface area contributed by atoms with Gasteiger partial charge in [0.2, 0.25) is 11.1 Å². The van der Waals surface area contributed by atoms with Gasteiger partial charge in [-0.1, -0.05) is 11.8 Å². The highest BCUT2D eigenvalue weighted by atomic mass is 32.2. The van der Waals surface area contributed by atoms with Crippen LogP contribution in [0.15, 0.2) is 28.2 Å². The maximum Gasteiger partial charge on any atom is 0.329 e. The molecule has 0 saturated heterocycles. The topological polar surface area (TPSA) is 112 Å². The number of nitrogen functional groups attached to an aromatic ring is 1. The maximum absolute atomic E-state index is 12.7. The SMILES string of the molecule is CCn1c(=O)n(CC)c2cc(C(=O)C(C)Sc3n[nH]c(N)n3)ccc21. The van der Waals surface area contributed by atoms with Crippen LogP contribution in [0.2, 0.25) is 0 Å². The second-order valence-electron chi connectivity index (χ2n) is 5.60. The highest BCUT2D eigenvalue weighted by Gasteiger charge is 2.20. The third-order valence-electron chi connectivity index (χ3n) is 4.07. The second kappa shape index (κ2) is 6.75. The van der Waals surface area contributed by atoms with Gasteiger partial charge in [-0.05, 0) is 39.0 Å². The van der Waals surface area contributed by atoms with Crippen molar-refractivity contribution in [2.75, 3.05) is 5.73 Å². The number of nitrogens with one attached hydrogen (secondary N) is 1. The van der Waals surface area contributed by atoms with E-state index in [-0.39, 0.29) is 22.7 Å². The van der Waals surface area contributed by atoms with Crippen LogP contribution in [0.3, 0.4) is 0 Å². The van der Waals surface area contributed by atoms with Crippen molar-refractivity contribution >= 4 is 34.5 Å². The quantitative estimate of drug-likeness (QED) is 0.513. The molecule has 2 aromatic heterocycles. The van der Waals surface area contributed by atoms with Gasteiger partial charge in [0.1, 0.15) is 0 Å². The zero-order chi connectivity index (χ0) is 18.1. The summed E-state index contributed by atoms with van der Waals surface area (Å²) in [6.07, 6.45) is 0. The van der Waals surface area contributed by atoms with Gasteiger partial charge in [0.15, 0.2) is 5.78 Å². The number of hydrogen-bond donors (Lipinski definition) is 2. The van der Waals surface area contributed by atoms with E-state index >= 15 is 0 Å². The molecule has 0 fully saturated rings. The number of thioether (sulfide) groups is 1. The molecule has 0 saturated carbocycles. The Hall–Kier alpha value is -2.55. The number of aromatic amines is 1. The number of ketones is 1. The monoisotopic (exact) mass is 360 g/mol. The van der Waals surface area contributed by atoms with E-state index < -0.39 is 0 Å². The molecule has 0 spiro atoms. The number of H-pyrrole nitrogens is 1. The lowest BCUT2D eigenvalue weighted by Crippen LogP contribution is -2.23. The first-order valence-electron chi connectivity index (χ1n) is 8.08. The molecule has 132 valence electrons. The summed E-state index contributed by atoms with van der Waals surface area (Å²) in [7, 11) is 0. The van der Waals surface area contributed by atoms with E-state index in [0.29, 0.717) is 23.8 Å². The van der Waals surface area contributed by atoms with E-state index in [4.69, 9.17) is 5.73 Å². The number of rotatable bonds is 6. The van der Waals surface area contributed by atoms with Crippen LogP contribution in [0.25, 0.3) is 11.0 Å². The van der Waals surface area contributed by atoms with Crippen LogP contribution in [-0.4, -0.2) is 35.3 Å². The van der Waals surface area contributed by atoms with Crippen LogP contribution in [0.4, 0.5) is 5.95 Å². The highest BCUT2D eigenvalue weighted by Crippen LogP contribution is 2.24. The minimum Gasteiger partial charge on any atom is -0.368 e. The molecule has 0 aliphatic heterocycles. The van der Waals surface area contributed by atoms with Crippen molar-refractivity contribution in [3.8, 4) is 0 Å². The Labute approximate surface area is 148 Å². The van der Waals surface area contributed by atoms with Crippen molar-refractivity contribution in [2.24, 2.45) is 0 Å². The minimum absolute atomic E-state index is 0.0466. The van der Waals surface area contributed by atoms with Crippen LogP contribution in [-0.2, 0) is 13.1 Å². The molecular weight excluding hydrogens is 340 g/mol. The Kier molecular flexibility index (Phi) is 4.67. The highest BCUT2D eigenvalue weighted by molar-refractivity contribution is 8.00. The zero-order valence-electron chi connectivity index (χ0n) is 14.3. The molecule has 3 aromatic rings. The summed E-state index contributed by atoms with van der Waals surface area (Å²) < 4.78 is 3.39. The van der Waals surface area contributed by atoms with Crippen molar-refractivity contribution in [2.45, 2.75) is 44.3 Å². The van der Waals surface area contributed by atoms with E-state index in [1.807, 2.05) is 19.9 Å². The van der Waals surface area contributed by atoms with E-state index in [1.165, 1.54) is 11.8 Å². The van der Waals surface area contributed by atoms with Crippen LogP contribution >= 0.6 is 11.8 Å². The van der Waals surface area contributed by atoms with Gasteiger partial charge in [-0.3, -0.25) is 13.9 Å². The fraction of sp³-hybridized carbons (Fsp3) is 0.375. The Morgan fingerprint density at radius 2 is 1.96 bits per heavy atom. The molecule has 3 rings (SSSR count). The molecule has 1 atom stereocenters. The second-order valence-corrected chi connectivity index (χ2v) is 6.91. The summed E-state index contributed by atoms with van der Waals surface area (Å²) in [5, 5.41) is 6.55. The number of hydrogen-bond acceptors (Lipinski definition) is 6. The summed E-state index contributed by atoms with van der Waals surface area (Å²) in [4.78, 5) is 29.2. The van der Waals surface area contributed by atoms with Gasteiger partial charge >= 0.3 is 5.69 Å². The lowest BCUT2D eigenvalue weighted by molar-refractivity contribution is 0.0994. The molecule has 2 heterocycles. The molecule has 0 amide bonds. The molecule has 0 bridgehead atoms. The van der Waals surface area contributed by atoms with Gasteiger partial charge in [0.25, 0.3) is 0 Å². The smallest absolute Gasteiger partial charge is 0.329 e. The first-order valence-corrected chi connectivity index (χ1v) is 8.96. The van der Waals surface area contributed by atoms with Crippen molar-refractivity contribution in [3.05, 3.63) is 34.2 Å². The van der Waals surface area contributed by atoms with Crippen LogP contribution in [0.5, 0.6) is 0 Å². The van der Waals surface area contributed by atoms with Gasteiger partial charge in [-0.2, -0.15) is 4.98 Å². The van der Waals surface area contributed by atoms with Gasteiger partial charge < -0.3 is 5.73 Å². The fourth-order valence-corrected chi connectivity index (χ4v) is 3.65. The van der Waals surface area contributed by atoms with Crippen LogP contribution < -0.4 is 11.4 Å². The molecule has 1 unspecified atom stereocenters. The number of imidazole rings is 1. The average Bonchev–Trinajstić information content (AvgIpc) is 3.12. The number of Topliss-reactive ketones (excluding diaryl/α,β-unsaturated/α-hetero) is 1. The van der Waals surface area contributed by atoms with Gasteiger partial charge in [0, 0.05) is 18.7 Å². The number of carbonyl (C=O) groups excluding carboxylic acids is 1. The summed E-state index contributed by atoms with van der Waals surface area (Å²) in [5.74, 6) is 0.172. The number of anilines is 1. The predicted molar refractivity (Wildman–Crippen MR) is 98.0 cm³/mol. The summed E-state index contributed by atoms with van der Waals surface area (Å²) in [5.41, 5.74) is 7.63. The standard InChI is InChI=1S/C16H20N6O2S/c1-4-21-11-7-6-10(8-12(11)22(5-2)16(21)24)13(23)9(3)25-15-18-14(17)19-20-15/h6-9H,4-5H2,1-3H3,(H3,17,18,19,20). The Bertz CT molecular complexity index is 986. The Morgan fingerprint density at radius 1 is 1.28 bits per heavy atom. The molecule has 1 aromatic carbocycles. The number of nitrogens with two attached hydrogens (primary N) is 1. The first-order chi connectivity index (χ1) is 12.0. The van der Waals surface area contributed by atoms with Crippen molar-refractivity contribution in [1.82, 2.24) is 24.3 Å². The third-order valence-corrected chi connectivity index (χ3v) is 5.03. The zero-order valence-corrected chi connectivity index (χ0v) is 15.1. The summed E-state index contributed by atoms with van der Waals surface area (Å²) in [6, 6.07) is 5.39. The van der Waals surface area contributed by atoms with Crippen LogP contribution in [0, 0.1) is 0 Å². The Morgan fingerprint density at radius 3 is 2.56 bits per heavy atom. The summed E-state index contributed by atoms with van der Waals surface area (Å²) >= 11 is 1.24. The molecule has 0 aliphatic carbocycles. The Balaban J connectivity index is 1.95. The molecule has 9 heteroatoms. The fourth-order valence-electron chi connectivity index (χ4n) is 2.84. The summed E-state index contributed by atoms with van der Waals surface area (Å²) in [6.45, 7) is 6.80. The van der Waals surface area contributed by atoms with Gasteiger partial charge in [-0.25, -0.2) is 9.89 Å². The number of aromatic nitrogens is 5. The molecule has 8 nitrogen and oxygen atoms in total. The first kappa shape index (κ1) is 17.3. The van der Waals surface area contributed by atoms with Crippen molar-refractivity contribution in [1.29, 1.82) is 0 Å². The lowest BCUT2D eigenvalue weighted by atomic mass is 10.1. The van der Waals surface area contributed by atoms with E-state index in [1.54, 1.807) is 28.2 Å². The van der Waals surface area contributed by atoms with E-state index in [9.17, 15) is 9.59 Å². The third kappa shape index (κ3) is 3.07. The number of benzene rings is 1.